The molecule has 1 heterocycles. The maximum absolute atomic E-state index is 4.54. The van der Waals surface area contributed by atoms with Gasteiger partial charge in [-0.3, -0.25) is 0 Å². The fourth-order valence-electron chi connectivity index (χ4n) is 1.84. The molecular weight excluding hydrogens is 212 g/mol. The van der Waals surface area contributed by atoms with Crippen molar-refractivity contribution in [3.8, 4) is 0 Å². The minimum absolute atomic E-state index is 0.486. The van der Waals surface area contributed by atoms with Crippen LogP contribution in [0, 0.1) is 5.92 Å². The first-order chi connectivity index (χ1) is 8.02. The molecule has 4 nitrogen and oxygen atoms in total. The lowest BCUT2D eigenvalue weighted by molar-refractivity contribution is 0.438. The van der Waals surface area contributed by atoms with Gasteiger partial charge in [-0.1, -0.05) is 13.8 Å². The molecule has 0 aliphatic carbocycles. The van der Waals surface area contributed by atoms with Gasteiger partial charge in [-0.25, -0.2) is 9.97 Å². The second kappa shape index (κ2) is 6.55. The third kappa shape index (κ3) is 4.69. The molecule has 0 saturated heterocycles. The first-order valence-corrected chi connectivity index (χ1v) is 6.19. The molecule has 1 N–H and O–H groups in total. The van der Waals surface area contributed by atoms with E-state index in [0.717, 1.165) is 24.5 Å². The number of anilines is 1. The van der Waals surface area contributed by atoms with E-state index < -0.39 is 0 Å². The molecule has 1 atom stereocenters. The summed E-state index contributed by atoms with van der Waals surface area (Å²) in [5, 5.41) is 3.36. The highest BCUT2D eigenvalue weighted by atomic mass is 15.2. The van der Waals surface area contributed by atoms with Crippen molar-refractivity contribution in [2.75, 3.05) is 26.0 Å². The van der Waals surface area contributed by atoms with Gasteiger partial charge in [0.15, 0.2) is 0 Å². The van der Waals surface area contributed by atoms with E-state index in [4.69, 9.17) is 0 Å². The Bertz CT molecular complexity index is 336. The number of hydrogen-bond donors (Lipinski definition) is 1. The molecule has 0 aliphatic rings. The summed E-state index contributed by atoms with van der Waals surface area (Å²) in [6.07, 6.45) is 3.95. The Balaban J connectivity index is 2.69. The van der Waals surface area contributed by atoms with Crippen LogP contribution in [-0.2, 0) is 6.42 Å². The van der Waals surface area contributed by atoms with Crippen LogP contribution < -0.4 is 10.2 Å². The summed E-state index contributed by atoms with van der Waals surface area (Å²) in [7, 11) is 5.94. The molecule has 1 aromatic heterocycles. The Hall–Kier alpha value is -1.16. The third-order valence-electron chi connectivity index (χ3n) is 2.72. The van der Waals surface area contributed by atoms with Crippen LogP contribution in [-0.4, -0.2) is 37.2 Å². The summed E-state index contributed by atoms with van der Waals surface area (Å²) in [4.78, 5) is 10.7. The van der Waals surface area contributed by atoms with Crippen LogP contribution in [0.4, 0.5) is 5.95 Å². The summed E-state index contributed by atoms with van der Waals surface area (Å²) < 4.78 is 0. The van der Waals surface area contributed by atoms with Gasteiger partial charge in [0.2, 0.25) is 5.95 Å². The molecule has 0 amide bonds. The second-order valence-electron chi connectivity index (χ2n) is 5.06. The molecule has 96 valence electrons. The van der Waals surface area contributed by atoms with Gasteiger partial charge in [0.05, 0.1) is 0 Å². The van der Waals surface area contributed by atoms with Crippen LogP contribution in [0.15, 0.2) is 12.3 Å². The average molecular weight is 236 g/mol. The Morgan fingerprint density at radius 3 is 2.59 bits per heavy atom. The van der Waals surface area contributed by atoms with Crippen molar-refractivity contribution in [3.63, 3.8) is 0 Å². The van der Waals surface area contributed by atoms with Crippen LogP contribution in [0.1, 0.15) is 26.0 Å². The van der Waals surface area contributed by atoms with Crippen LogP contribution in [0.3, 0.4) is 0 Å². The minimum Gasteiger partial charge on any atom is -0.347 e. The zero-order valence-corrected chi connectivity index (χ0v) is 11.6. The van der Waals surface area contributed by atoms with Crippen molar-refractivity contribution < 1.29 is 0 Å². The van der Waals surface area contributed by atoms with E-state index in [-0.39, 0.29) is 0 Å². The van der Waals surface area contributed by atoms with Gasteiger partial charge in [0.1, 0.15) is 0 Å². The Labute approximate surface area is 104 Å². The number of likely N-dealkylation sites (N-methyl/N-ethyl adjacent to an activating group) is 1. The fourth-order valence-corrected chi connectivity index (χ4v) is 1.84. The number of hydrogen-bond acceptors (Lipinski definition) is 4. The first kappa shape index (κ1) is 13.9. The van der Waals surface area contributed by atoms with Crippen LogP contribution >= 0.6 is 0 Å². The van der Waals surface area contributed by atoms with E-state index in [2.05, 4.69) is 29.1 Å². The van der Waals surface area contributed by atoms with Crippen molar-refractivity contribution in [1.82, 2.24) is 15.3 Å². The van der Waals surface area contributed by atoms with Crippen molar-refractivity contribution in [1.29, 1.82) is 0 Å². The largest absolute Gasteiger partial charge is 0.347 e. The maximum atomic E-state index is 4.54. The molecule has 0 fully saturated rings. The van der Waals surface area contributed by atoms with Crippen molar-refractivity contribution >= 4 is 5.95 Å². The van der Waals surface area contributed by atoms with E-state index in [0.29, 0.717) is 12.0 Å². The standard InChI is InChI=1S/C13H24N4/c1-10(2)8-12(14-3)9-11-6-7-15-13(16-11)17(4)5/h6-7,10,12,14H,8-9H2,1-5H3. The third-order valence-corrected chi connectivity index (χ3v) is 2.72. The molecule has 0 aromatic carbocycles. The number of nitrogens with zero attached hydrogens (tertiary/aromatic N) is 3. The SMILES string of the molecule is CNC(Cc1ccnc(N(C)C)n1)CC(C)C. The fraction of sp³-hybridized carbons (Fsp3) is 0.692. The summed E-state index contributed by atoms with van der Waals surface area (Å²) in [6.45, 7) is 4.49. The van der Waals surface area contributed by atoms with Gasteiger partial charge in [0, 0.05) is 38.4 Å². The van der Waals surface area contributed by atoms with E-state index in [1.165, 1.54) is 0 Å². The lowest BCUT2D eigenvalue weighted by Crippen LogP contribution is -2.29. The Morgan fingerprint density at radius 2 is 2.06 bits per heavy atom. The lowest BCUT2D eigenvalue weighted by atomic mass is 10.00. The molecule has 0 aliphatic heterocycles. The highest BCUT2D eigenvalue weighted by molar-refractivity contribution is 5.27. The van der Waals surface area contributed by atoms with E-state index >= 15 is 0 Å². The molecule has 0 bridgehead atoms. The minimum atomic E-state index is 0.486. The van der Waals surface area contributed by atoms with Gasteiger partial charge in [-0.2, -0.15) is 0 Å². The van der Waals surface area contributed by atoms with Crippen LogP contribution in [0.2, 0.25) is 0 Å². The topological polar surface area (TPSA) is 41.1 Å². The normalized spacial score (nSPS) is 12.8. The summed E-state index contributed by atoms with van der Waals surface area (Å²) in [6, 6.07) is 2.48. The van der Waals surface area contributed by atoms with Gasteiger partial charge in [-0.05, 0) is 25.5 Å². The van der Waals surface area contributed by atoms with Gasteiger partial charge >= 0.3 is 0 Å². The van der Waals surface area contributed by atoms with Crippen molar-refractivity contribution in [3.05, 3.63) is 18.0 Å². The van der Waals surface area contributed by atoms with Crippen molar-refractivity contribution in [2.24, 2.45) is 5.92 Å². The van der Waals surface area contributed by atoms with Crippen molar-refractivity contribution in [2.45, 2.75) is 32.7 Å². The molecule has 0 saturated carbocycles. The number of rotatable bonds is 6. The predicted molar refractivity (Wildman–Crippen MR) is 72.4 cm³/mol. The van der Waals surface area contributed by atoms with Crippen LogP contribution in [0.5, 0.6) is 0 Å². The molecule has 1 rings (SSSR count). The van der Waals surface area contributed by atoms with E-state index in [1.807, 2.05) is 38.3 Å². The van der Waals surface area contributed by atoms with Crippen LogP contribution in [0.25, 0.3) is 0 Å². The molecule has 0 radical (unpaired) electrons. The maximum Gasteiger partial charge on any atom is 0.224 e. The molecule has 0 spiro atoms. The molecule has 17 heavy (non-hydrogen) atoms. The number of aromatic nitrogens is 2. The Kier molecular flexibility index (Phi) is 5.35. The van der Waals surface area contributed by atoms with Gasteiger partial charge in [-0.15, -0.1) is 0 Å². The zero-order chi connectivity index (χ0) is 12.8. The quantitative estimate of drug-likeness (QED) is 0.816. The smallest absolute Gasteiger partial charge is 0.224 e. The van der Waals surface area contributed by atoms with E-state index in [9.17, 15) is 0 Å². The molecular formula is C13H24N4. The van der Waals surface area contributed by atoms with Gasteiger partial charge < -0.3 is 10.2 Å². The average Bonchev–Trinajstić information content (AvgIpc) is 2.28. The zero-order valence-electron chi connectivity index (χ0n) is 11.6. The van der Waals surface area contributed by atoms with E-state index in [1.54, 1.807) is 0 Å². The Morgan fingerprint density at radius 1 is 1.35 bits per heavy atom. The highest BCUT2D eigenvalue weighted by Crippen LogP contribution is 2.11. The highest BCUT2D eigenvalue weighted by Gasteiger charge is 2.11. The summed E-state index contributed by atoms with van der Waals surface area (Å²) in [5.74, 6) is 1.48. The summed E-state index contributed by atoms with van der Waals surface area (Å²) >= 11 is 0. The lowest BCUT2D eigenvalue weighted by Gasteiger charge is -2.18. The first-order valence-electron chi connectivity index (χ1n) is 6.19. The predicted octanol–water partition coefficient (Wildman–Crippen LogP) is 1.72. The molecule has 4 heteroatoms. The monoisotopic (exact) mass is 236 g/mol. The van der Waals surface area contributed by atoms with Gasteiger partial charge in [0.25, 0.3) is 0 Å². The second-order valence-corrected chi connectivity index (χ2v) is 5.06. The number of nitrogens with one attached hydrogen (secondary N) is 1. The molecule has 1 unspecified atom stereocenters. The summed E-state index contributed by atoms with van der Waals surface area (Å²) in [5.41, 5.74) is 1.10. The molecule has 1 aromatic rings.